The summed E-state index contributed by atoms with van der Waals surface area (Å²) in [5.41, 5.74) is 2.55. The van der Waals surface area contributed by atoms with Gasteiger partial charge in [0.1, 0.15) is 11.0 Å². The first kappa shape index (κ1) is 5.77. The quantitative estimate of drug-likeness (QED) is 0.543. The van der Waals surface area contributed by atoms with Crippen molar-refractivity contribution < 1.29 is 4.63 Å². The summed E-state index contributed by atoms with van der Waals surface area (Å²) >= 11 is 0. The number of fused-ring (bicyclic) bond motifs is 3. The normalized spacial score (nSPS) is 11.3. The van der Waals surface area contributed by atoms with Crippen molar-refractivity contribution in [2.75, 3.05) is 0 Å². The molecule has 0 aliphatic carbocycles. The molecule has 12 heavy (non-hydrogen) atoms. The summed E-state index contributed by atoms with van der Waals surface area (Å²) in [6.07, 6.45) is 1.76. The molecule has 1 aromatic carbocycles. The largest absolute Gasteiger partial charge is 0.270 e. The Morgan fingerprint density at radius 3 is 3.17 bits per heavy atom. The van der Waals surface area contributed by atoms with E-state index in [1.54, 1.807) is 6.20 Å². The van der Waals surface area contributed by atoms with Crippen molar-refractivity contribution >= 4 is 21.9 Å². The van der Waals surface area contributed by atoms with Crippen LogP contribution in [-0.2, 0) is 0 Å². The average Bonchev–Trinajstić information content (AvgIpc) is 2.71. The lowest BCUT2D eigenvalue weighted by Crippen LogP contribution is -1.71. The molecule has 0 unspecified atom stereocenters. The van der Waals surface area contributed by atoms with Crippen LogP contribution in [0.15, 0.2) is 29.0 Å². The summed E-state index contributed by atoms with van der Waals surface area (Å²) in [5, 5.41) is 7.59. The Morgan fingerprint density at radius 2 is 2.17 bits per heavy atom. The highest BCUT2D eigenvalue weighted by atomic mass is 16.6. The summed E-state index contributed by atoms with van der Waals surface area (Å²) in [6, 6.07) is 5.86. The van der Waals surface area contributed by atoms with Crippen molar-refractivity contribution in [3.8, 4) is 0 Å². The highest BCUT2D eigenvalue weighted by Crippen LogP contribution is 2.20. The Kier molecular flexibility index (Phi) is 0.889. The minimum Gasteiger partial charge on any atom is -0.270 e. The molecule has 0 radical (unpaired) electrons. The monoisotopic (exact) mass is 159 g/mol. The van der Waals surface area contributed by atoms with Crippen molar-refractivity contribution in [2.24, 2.45) is 0 Å². The van der Waals surface area contributed by atoms with Crippen molar-refractivity contribution in [1.29, 1.82) is 0 Å². The minimum atomic E-state index is 0.789. The average molecular weight is 159 g/mol. The highest BCUT2D eigenvalue weighted by Gasteiger charge is 2.04. The highest BCUT2D eigenvalue weighted by molar-refractivity contribution is 6.01. The van der Waals surface area contributed by atoms with E-state index in [1.807, 2.05) is 18.2 Å². The molecular formula is C8H5N3O. The van der Waals surface area contributed by atoms with E-state index >= 15 is 0 Å². The van der Waals surface area contributed by atoms with Gasteiger partial charge >= 0.3 is 0 Å². The third-order valence-electron chi connectivity index (χ3n) is 1.93. The first-order valence-corrected chi connectivity index (χ1v) is 3.62. The Labute approximate surface area is 67.1 Å². The maximum atomic E-state index is 4.73. The zero-order valence-electron chi connectivity index (χ0n) is 6.11. The number of aromatic nitrogens is 3. The van der Waals surface area contributed by atoms with E-state index in [0.717, 1.165) is 21.9 Å². The van der Waals surface area contributed by atoms with Crippen LogP contribution in [0.2, 0.25) is 0 Å². The maximum absolute atomic E-state index is 4.73. The molecule has 0 aliphatic rings. The predicted octanol–water partition coefficient (Wildman–Crippen LogP) is 1.70. The molecule has 2 aromatic heterocycles. The van der Waals surface area contributed by atoms with Gasteiger partial charge in [-0.25, -0.2) is 0 Å². The predicted molar refractivity (Wildman–Crippen MR) is 43.7 cm³/mol. The summed E-state index contributed by atoms with van der Waals surface area (Å²) in [5.74, 6) is 0. The zero-order valence-corrected chi connectivity index (χ0v) is 6.11. The lowest BCUT2D eigenvalue weighted by molar-refractivity contribution is 0.315. The van der Waals surface area contributed by atoms with Crippen molar-refractivity contribution in [2.45, 2.75) is 0 Å². The fourth-order valence-corrected chi connectivity index (χ4v) is 1.35. The zero-order chi connectivity index (χ0) is 7.97. The Bertz CT molecular complexity index is 487. The molecule has 0 spiro atoms. The molecular weight excluding hydrogens is 154 g/mol. The molecule has 0 fully saturated rings. The summed E-state index contributed by atoms with van der Waals surface area (Å²) < 4.78 is 4.73. The topological polar surface area (TPSA) is 54.7 Å². The number of hydrogen-bond donors (Lipinski definition) is 1. The van der Waals surface area contributed by atoms with Gasteiger partial charge in [0.15, 0.2) is 5.52 Å². The number of aromatic amines is 1. The van der Waals surface area contributed by atoms with E-state index in [1.165, 1.54) is 0 Å². The number of nitrogens with zero attached hydrogens (tertiary/aromatic N) is 2. The molecule has 2 heterocycles. The van der Waals surface area contributed by atoms with Crippen molar-refractivity contribution in [3.63, 3.8) is 0 Å². The maximum Gasteiger partial charge on any atom is 0.158 e. The van der Waals surface area contributed by atoms with Crippen LogP contribution < -0.4 is 0 Å². The lowest BCUT2D eigenvalue weighted by atomic mass is 10.2. The molecule has 3 aromatic rings. The third kappa shape index (κ3) is 0.567. The molecule has 58 valence electrons. The molecule has 0 amide bonds. The minimum absolute atomic E-state index is 0.789. The van der Waals surface area contributed by atoms with Crippen LogP contribution >= 0.6 is 0 Å². The molecule has 0 bridgehead atoms. The van der Waals surface area contributed by atoms with E-state index in [4.69, 9.17) is 4.63 Å². The number of nitrogens with one attached hydrogen (secondary N) is 1. The smallest absolute Gasteiger partial charge is 0.158 e. The van der Waals surface area contributed by atoms with E-state index in [9.17, 15) is 0 Å². The van der Waals surface area contributed by atoms with Crippen LogP contribution in [0.4, 0.5) is 0 Å². The van der Waals surface area contributed by atoms with Crippen molar-refractivity contribution in [1.82, 2.24) is 15.3 Å². The van der Waals surface area contributed by atoms with Gasteiger partial charge < -0.3 is 0 Å². The Morgan fingerprint density at radius 1 is 1.17 bits per heavy atom. The first-order chi connectivity index (χ1) is 5.95. The van der Waals surface area contributed by atoms with E-state index < -0.39 is 0 Å². The van der Waals surface area contributed by atoms with Crippen LogP contribution in [-0.4, -0.2) is 15.3 Å². The number of hydrogen-bond acceptors (Lipinski definition) is 3. The molecule has 0 saturated carbocycles. The SMILES string of the molecule is c1cc2ccc3[nH]onc3c2n1. The van der Waals surface area contributed by atoms with Gasteiger partial charge in [0.25, 0.3) is 0 Å². The van der Waals surface area contributed by atoms with Gasteiger partial charge in [0.05, 0.1) is 0 Å². The second-order valence-electron chi connectivity index (χ2n) is 2.63. The fourth-order valence-electron chi connectivity index (χ4n) is 1.35. The third-order valence-corrected chi connectivity index (χ3v) is 1.93. The van der Waals surface area contributed by atoms with Gasteiger partial charge in [0, 0.05) is 11.6 Å². The van der Waals surface area contributed by atoms with Crippen LogP contribution in [0.1, 0.15) is 0 Å². The van der Waals surface area contributed by atoms with Gasteiger partial charge in [-0.05, 0) is 12.1 Å². The van der Waals surface area contributed by atoms with Crippen molar-refractivity contribution in [3.05, 3.63) is 24.4 Å². The Hall–Kier alpha value is -1.84. The molecule has 4 nitrogen and oxygen atoms in total. The summed E-state index contributed by atoms with van der Waals surface area (Å²) in [7, 11) is 0. The van der Waals surface area contributed by atoms with Crippen LogP contribution in [0, 0.1) is 0 Å². The van der Waals surface area contributed by atoms with E-state index in [2.05, 4.69) is 15.3 Å². The van der Waals surface area contributed by atoms with E-state index in [-0.39, 0.29) is 0 Å². The van der Waals surface area contributed by atoms with Gasteiger partial charge in [-0.1, -0.05) is 11.2 Å². The summed E-state index contributed by atoms with van der Waals surface area (Å²) in [6.45, 7) is 0. The van der Waals surface area contributed by atoms with Gasteiger partial charge in [-0.2, -0.15) is 5.16 Å². The molecule has 3 rings (SSSR count). The van der Waals surface area contributed by atoms with Gasteiger partial charge in [-0.15, -0.1) is 0 Å². The number of H-pyrrole nitrogens is 1. The molecule has 0 atom stereocenters. The second-order valence-corrected chi connectivity index (χ2v) is 2.63. The van der Waals surface area contributed by atoms with Crippen LogP contribution in [0.25, 0.3) is 21.9 Å². The van der Waals surface area contributed by atoms with Crippen LogP contribution in [0.3, 0.4) is 0 Å². The molecule has 0 aliphatic heterocycles. The molecule has 1 N–H and O–H groups in total. The van der Waals surface area contributed by atoms with Crippen LogP contribution in [0.5, 0.6) is 0 Å². The van der Waals surface area contributed by atoms with E-state index in [0.29, 0.717) is 0 Å². The fraction of sp³-hybridized carbons (Fsp3) is 0. The van der Waals surface area contributed by atoms with Gasteiger partial charge in [0.2, 0.25) is 0 Å². The lowest BCUT2D eigenvalue weighted by Gasteiger charge is -1.86. The number of rotatable bonds is 0. The summed E-state index contributed by atoms with van der Waals surface area (Å²) in [4.78, 5) is 4.18. The standard InChI is InChI=1S/C8H5N3O/c1-2-6-8(11-12-10-6)7-5(1)3-4-9-7/h1-4,10H. The molecule has 0 saturated heterocycles. The number of benzene rings is 1. The van der Waals surface area contributed by atoms with Gasteiger partial charge in [-0.3, -0.25) is 9.61 Å². The molecule has 4 heteroatoms. The first-order valence-electron chi connectivity index (χ1n) is 3.62. The Balaban J connectivity index is 2.71. The second kappa shape index (κ2) is 1.85.